The van der Waals surface area contributed by atoms with E-state index in [1.807, 2.05) is 0 Å². The molecule has 38 valence electrons. The van der Waals surface area contributed by atoms with E-state index in [0.717, 1.165) is 5.92 Å². The first-order valence-electron chi connectivity index (χ1n) is 2.43. The molecule has 0 aromatic heterocycles. The van der Waals surface area contributed by atoms with E-state index in [1.165, 1.54) is 19.3 Å². The van der Waals surface area contributed by atoms with Crippen molar-refractivity contribution in [3.63, 3.8) is 0 Å². The highest BCUT2D eigenvalue weighted by atomic mass is 16.0. The van der Waals surface area contributed by atoms with Crippen LogP contribution < -0.4 is 0 Å². The standard InChI is InChI=1S/C5H10.H2O/c1-2-5-3-4-5;/h5H,2-4H2,1H3;1H2. The molecule has 6 heavy (non-hydrogen) atoms. The van der Waals surface area contributed by atoms with Crippen molar-refractivity contribution in [2.45, 2.75) is 26.2 Å². The van der Waals surface area contributed by atoms with Crippen LogP contribution in [0.25, 0.3) is 0 Å². The van der Waals surface area contributed by atoms with Gasteiger partial charge in [-0.25, -0.2) is 0 Å². The fourth-order valence-electron chi connectivity index (χ4n) is 0.526. The minimum Gasteiger partial charge on any atom is -0.412 e. The highest BCUT2D eigenvalue weighted by molar-refractivity contribution is 4.69. The molecule has 1 rings (SSSR count). The average molecular weight is 88.2 g/mol. The second kappa shape index (κ2) is 2.19. The lowest BCUT2D eigenvalue weighted by atomic mass is 10.3. The minimum absolute atomic E-state index is 0. The van der Waals surface area contributed by atoms with Gasteiger partial charge in [0.05, 0.1) is 0 Å². The quantitative estimate of drug-likeness (QED) is 0.457. The van der Waals surface area contributed by atoms with Gasteiger partial charge in [0.15, 0.2) is 0 Å². The summed E-state index contributed by atoms with van der Waals surface area (Å²) in [5, 5.41) is 0. The van der Waals surface area contributed by atoms with E-state index in [9.17, 15) is 0 Å². The van der Waals surface area contributed by atoms with Gasteiger partial charge in [0.25, 0.3) is 0 Å². The molecule has 0 atom stereocenters. The monoisotopic (exact) mass is 88.1 g/mol. The molecule has 0 saturated heterocycles. The van der Waals surface area contributed by atoms with Crippen molar-refractivity contribution in [3.05, 3.63) is 0 Å². The third kappa shape index (κ3) is 1.41. The molecule has 0 aromatic rings. The van der Waals surface area contributed by atoms with Gasteiger partial charge >= 0.3 is 0 Å². The van der Waals surface area contributed by atoms with Crippen molar-refractivity contribution in [1.29, 1.82) is 0 Å². The zero-order valence-electron chi connectivity index (χ0n) is 4.20. The SMILES string of the molecule is CCC1CC1.O. The Morgan fingerprint density at radius 2 is 2.00 bits per heavy atom. The first-order valence-corrected chi connectivity index (χ1v) is 2.43. The van der Waals surface area contributed by atoms with Crippen molar-refractivity contribution >= 4 is 0 Å². The average Bonchev–Trinajstić information content (AvgIpc) is 2.12. The van der Waals surface area contributed by atoms with Gasteiger partial charge in [0.2, 0.25) is 0 Å². The maximum atomic E-state index is 2.26. The van der Waals surface area contributed by atoms with E-state index in [2.05, 4.69) is 6.92 Å². The molecule has 0 bridgehead atoms. The largest absolute Gasteiger partial charge is 0.412 e. The molecule has 0 aliphatic heterocycles. The molecule has 0 amide bonds. The molecule has 1 heteroatoms. The Morgan fingerprint density at radius 3 is 2.00 bits per heavy atom. The van der Waals surface area contributed by atoms with Crippen LogP contribution >= 0.6 is 0 Å². The van der Waals surface area contributed by atoms with E-state index < -0.39 is 0 Å². The smallest absolute Gasteiger partial charge is 0.0417 e. The van der Waals surface area contributed by atoms with Crippen LogP contribution in [0.4, 0.5) is 0 Å². The van der Waals surface area contributed by atoms with Crippen molar-refractivity contribution in [2.75, 3.05) is 0 Å². The van der Waals surface area contributed by atoms with Crippen LogP contribution in [0, 0.1) is 5.92 Å². The van der Waals surface area contributed by atoms with Crippen LogP contribution in [0.15, 0.2) is 0 Å². The van der Waals surface area contributed by atoms with Gasteiger partial charge < -0.3 is 5.48 Å². The summed E-state index contributed by atoms with van der Waals surface area (Å²) in [4.78, 5) is 0. The van der Waals surface area contributed by atoms with E-state index in [-0.39, 0.29) is 5.48 Å². The second-order valence-electron chi connectivity index (χ2n) is 1.85. The zero-order chi connectivity index (χ0) is 3.70. The molecule has 1 nitrogen and oxygen atoms in total. The molecule has 1 saturated carbocycles. The second-order valence-corrected chi connectivity index (χ2v) is 1.85. The number of hydrogen-bond donors (Lipinski definition) is 0. The fraction of sp³-hybridized carbons (Fsp3) is 1.00. The summed E-state index contributed by atoms with van der Waals surface area (Å²) in [5.74, 6) is 1.13. The Labute approximate surface area is 38.7 Å². The summed E-state index contributed by atoms with van der Waals surface area (Å²) in [7, 11) is 0. The van der Waals surface area contributed by atoms with E-state index in [1.54, 1.807) is 0 Å². The molecule has 2 N–H and O–H groups in total. The van der Waals surface area contributed by atoms with Crippen LogP contribution in [0.5, 0.6) is 0 Å². The molecule has 1 aliphatic carbocycles. The lowest BCUT2D eigenvalue weighted by molar-refractivity contribution is 0.799. The summed E-state index contributed by atoms with van der Waals surface area (Å²) in [5.41, 5.74) is 0. The van der Waals surface area contributed by atoms with E-state index in [0.29, 0.717) is 0 Å². The summed E-state index contributed by atoms with van der Waals surface area (Å²) in [6, 6.07) is 0. The molecule has 0 radical (unpaired) electrons. The summed E-state index contributed by atoms with van der Waals surface area (Å²) in [6.07, 6.45) is 4.44. The van der Waals surface area contributed by atoms with Gasteiger partial charge in [-0.05, 0) is 5.92 Å². The highest BCUT2D eigenvalue weighted by Gasteiger charge is 2.17. The number of hydrogen-bond acceptors (Lipinski definition) is 0. The summed E-state index contributed by atoms with van der Waals surface area (Å²) < 4.78 is 0. The Kier molecular flexibility index (Phi) is 2.18. The van der Waals surface area contributed by atoms with Crippen LogP contribution in [-0.4, -0.2) is 5.48 Å². The molecule has 0 aromatic carbocycles. The molecule has 1 aliphatic rings. The number of rotatable bonds is 1. The lowest BCUT2D eigenvalue weighted by Gasteiger charge is -1.72. The van der Waals surface area contributed by atoms with Crippen LogP contribution in [-0.2, 0) is 0 Å². The van der Waals surface area contributed by atoms with Crippen molar-refractivity contribution in [2.24, 2.45) is 5.92 Å². The molecule has 1 fully saturated rings. The predicted octanol–water partition coefficient (Wildman–Crippen LogP) is 0.982. The molecule has 0 spiro atoms. The Morgan fingerprint density at radius 1 is 1.50 bits per heavy atom. The third-order valence-electron chi connectivity index (χ3n) is 1.27. The molecule has 0 unspecified atom stereocenters. The maximum absolute atomic E-state index is 2.26. The fourth-order valence-corrected chi connectivity index (χ4v) is 0.526. The van der Waals surface area contributed by atoms with Crippen LogP contribution in [0.2, 0.25) is 0 Å². The summed E-state index contributed by atoms with van der Waals surface area (Å²) in [6.45, 7) is 2.26. The van der Waals surface area contributed by atoms with Crippen molar-refractivity contribution in [3.8, 4) is 0 Å². The third-order valence-corrected chi connectivity index (χ3v) is 1.27. The Balaban J connectivity index is 0.000000250. The van der Waals surface area contributed by atoms with Gasteiger partial charge in [-0.1, -0.05) is 26.2 Å². The molecular formula is C5H12O. The highest BCUT2D eigenvalue weighted by Crippen LogP contribution is 2.31. The van der Waals surface area contributed by atoms with E-state index in [4.69, 9.17) is 0 Å². The lowest BCUT2D eigenvalue weighted by Crippen LogP contribution is -1.59. The first kappa shape index (κ1) is 5.96. The normalized spacial score (nSPS) is 19.5. The van der Waals surface area contributed by atoms with Gasteiger partial charge in [0.1, 0.15) is 0 Å². The molecular weight excluding hydrogens is 76.1 g/mol. The predicted molar refractivity (Wildman–Crippen MR) is 26.6 cm³/mol. The Bertz CT molecular complexity index is 30.9. The first-order chi connectivity index (χ1) is 2.43. The Hall–Kier alpha value is -0.0400. The van der Waals surface area contributed by atoms with Gasteiger partial charge in [-0.2, -0.15) is 0 Å². The minimum atomic E-state index is 0. The van der Waals surface area contributed by atoms with Crippen LogP contribution in [0.3, 0.4) is 0 Å². The maximum Gasteiger partial charge on any atom is -0.0417 e. The van der Waals surface area contributed by atoms with Gasteiger partial charge in [-0.15, -0.1) is 0 Å². The van der Waals surface area contributed by atoms with Crippen molar-refractivity contribution < 1.29 is 5.48 Å². The van der Waals surface area contributed by atoms with Crippen molar-refractivity contribution in [1.82, 2.24) is 0 Å². The van der Waals surface area contributed by atoms with Crippen LogP contribution in [0.1, 0.15) is 26.2 Å². The zero-order valence-corrected chi connectivity index (χ0v) is 4.20. The van der Waals surface area contributed by atoms with E-state index >= 15 is 0 Å². The van der Waals surface area contributed by atoms with Gasteiger partial charge in [0, 0.05) is 0 Å². The summed E-state index contributed by atoms with van der Waals surface area (Å²) >= 11 is 0. The topological polar surface area (TPSA) is 31.5 Å². The molecule has 0 heterocycles. The van der Waals surface area contributed by atoms with Gasteiger partial charge in [-0.3, -0.25) is 0 Å².